The summed E-state index contributed by atoms with van der Waals surface area (Å²) in [6.07, 6.45) is -0.179. The molecule has 0 saturated heterocycles. The molecule has 0 saturated carbocycles. The van der Waals surface area contributed by atoms with Crippen molar-refractivity contribution < 1.29 is 18.7 Å². The molecule has 88 valence electrons. The van der Waals surface area contributed by atoms with Gasteiger partial charge >= 0.3 is 5.97 Å². The predicted octanol–water partition coefficient (Wildman–Crippen LogP) is 2.90. The lowest BCUT2D eigenvalue weighted by Gasteiger charge is -2.12. The second-order valence-corrected chi connectivity index (χ2v) is 3.91. The first-order valence-corrected chi connectivity index (χ1v) is 5.05. The van der Waals surface area contributed by atoms with E-state index in [1.165, 1.54) is 0 Å². The molecule has 1 aromatic rings. The second-order valence-electron chi connectivity index (χ2n) is 3.91. The van der Waals surface area contributed by atoms with Crippen LogP contribution in [0.4, 0.5) is 8.78 Å². The SMILES string of the molecule is CC(F)(F)CCc1ccccc1CC(=O)O. The highest BCUT2D eigenvalue weighted by molar-refractivity contribution is 5.70. The average Bonchev–Trinajstić information content (AvgIpc) is 2.14. The minimum Gasteiger partial charge on any atom is -0.481 e. The van der Waals surface area contributed by atoms with Crippen molar-refractivity contribution in [3.05, 3.63) is 35.4 Å². The van der Waals surface area contributed by atoms with Crippen LogP contribution in [0.25, 0.3) is 0 Å². The number of carboxylic acid groups (broad SMARTS) is 1. The van der Waals surface area contributed by atoms with E-state index in [1.807, 2.05) is 0 Å². The Morgan fingerprint density at radius 2 is 1.88 bits per heavy atom. The first-order chi connectivity index (χ1) is 7.38. The van der Waals surface area contributed by atoms with Crippen molar-refractivity contribution in [3.63, 3.8) is 0 Å². The van der Waals surface area contributed by atoms with E-state index in [0.29, 0.717) is 11.1 Å². The maximum atomic E-state index is 12.7. The predicted molar refractivity (Wildman–Crippen MR) is 56.7 cm³/mol. The number of alkyl halides is 2. The average molecular weight is 228 g/mol. The molecule has 1 rings (SSSR count). The largest absolute Gasteiger partial charge is 0.481 e. The van der Waals surface area contributed by atoms with Gasteiger partial charge in [0.15, 0.2) is 0 Å². The Kier molecular flexibility index (Phi) is 3.99. The summed E-state index contributed by atoms with van der Waals surface area (Å²) in [7, 11) is 0. The summed E-state index contributed by atoms with van der Waals surface area (Å²) in [6, 6.07) is 6.81. The van der Waals surface area contributed by atoms with Gasteiger partial charge < -0.3 is 5.11 Å². The van der Waals surface area contributed by atoms with Gasteiger partial charge in [-0.2, -0.15) is 0 Å². The lowest BCUT2D eigenvalue weighted by atomic mass is 9.99. The van der Waals surface area contributed by atoms with Gasteiger partial charge in [0.1, 0.15) is 0 Å². The lowest BCUT2D eigenvalue weighted by molar-refractivity contribution is -0.136. The molecule has 0 aliphatic carbocycles. The second kappa shape index (κ2) is 5.05. The summed E-state index contributed by atoms with van der Waals surface area (Å²) in [5.41, 5.74) is 1.30. The minimum absolute atomic E-state index is 0.120. The minimum atomic E-state index is -2.71. The summed E-state index contributed by atoms with van der Waals surface area (Å²) in [6.45, 7) is 0.868. The van der Waals surface area contributed by atoms with Crippen molar-refractivity contribution in [1.82, 2.24) is 0 Å². The molecule has 0 heterocycles. The number of rotatable bonds is 5. The molecule has 0 aliphatic rings. The van der Waals surface area contributed by atoms with Crippen molar-refractivity contribution in [1.29, 1.82) is 0 Å². The van der Waals surface area contributed by atoms with Gasteiger partial charge in [-0.1, -0.05) is 24.3 Å². The third-order valence-corrected chi connectivity index (χ3v) is 2.29. The molecular weight excluding hydrogens is 214 g/mol. The standard InChI is InChI=1S/C12H14F2O2/c1-12(13,14)7-6-9-4-2-3-5-10(9)8-11(15)16/h2-5H,6-8H2,1H3,(H,15,16). The maximum Gasteiger partial charge on any atom is 0.307 e. The molecule has 0 atom stereocenters. The maximum absolute atomic E-state index is 12.7. The first kappa shape index (κ1) is 12.6. The van der Waals surface area contributed by atoms with Crippen LogP contribution in [0, 0.1) is 0 Å². The van der Waals surface area contributed by atoms with Gasteiger partial charge in [-0.25, -0.2) is 8.78 Å². The van der Waals surface area contributed by atoms with E-state index in [-0.39, 0.29) is 19.3 Å². The van der Waals surface area contributed by atoms with Gasteiger partial charge in [0, 0.05) is 6.42 Å². The van der Waals surface area contributed by atoms with Gasteiger partial charge in [0.05, 0.1) is 6.42 Å². The van der Waals surface area contributed by atoms with Crippen LogP contribution in [0.5, 0.6) is 0 Å². The molecule has 2 nitrogen and oxygen atoms in total. The normalized spacial score (nSPS) is 11.4. The van der Waals surface area contributed by atoms with E-state index < -0.39 is 11.9 Å². The molecule has 0 radical (unpaired) electrons. The molecule has 0 aromatic heterocycles. The third-order valence-electron chi connectivity index (χ3n) is 2.29. The quantitative estimate of drug-likeness (QED) is 0.841. The fourth-order valence-corrected chi connectivity index (χ4v) is 1.49. The first-order valence-electron chi connectivity index (χ1n) is 5.05. The fourth-order valence-electron chi connectivity index (χ4n) is 1.49. The van der Waals surface area contributed by atoms with Crippen molar-refractivity contribution in [2.24, 2.45) is 0 Å². The number of hydrogen-bond acceptors (Lipinski definition) is 1. The summed E-state index contributed by atoms with van der Waals surface area (Å²) >= 11 is 0. The summed E-state index contributed by atoms with van der Waals surface area (Å²) in [5.74, 6) is -3.66. The zero-order valence-electron chi connectivity index (χ0n) is 9.04. The van der Waals surface area contributed by atoms with Crippen LogP contribution in [-0.4, -0.2) is 17.0 Å². The monoisotopic (exact) mass is 228 g/mol. The number of halogens is 2. The topological polar surface area (TPSA) is 37.3 Å². The van der Waals surface area contributed by atoms with Crippen LogP contribution in [0.15, 0.2) is 24.3 Å². The van der Waals surface area contributed by atoms with E-state index in [2.05, 4.69) is 0 Å². The molecule has 0 bridgehead atoms. The zero-order chi connectivity index (χ0) is 12.2. The number of aryl methyl sites for hydroxylation is 1. The Bertz CT molecular complexity index is 370. The van der Waals surface area contributed by atoms with Crippen LogP contribution in [0.2, 0.25) is 0 Å². The van der Waals surface area contributed by atoms with Crippen LogP contribution in [0.3, 0.4) is 0 Å². The Labute approximate surface area is 92.9 Å². The number of hydrogen-bond donors (Lipinski definition) is 1. The van der Waals surface area contributed by atoms with Crippen LogP contribution >= 0.6 is 0 Å². The fraction of sp³-hybridized carbons (Fsp3) is 0.417. The van der Waals surface area contributed by atoms with E-state index >= 15 is 0 Å². The molecule has 0 aliphatic heterocycles. The van der Waals surface area contributed by atoms with Crippen LogP contribution in [-0.2, 0) is 17.6 Å². The van der Waals surface area contributed by atoms with E-state index in [4.69, 9.17) is 5.11 Å². The third kappa shape index (κ3) is 4.38. The van der Waals surface area contributed by atoms with Crippen molar-refractivity contribution in [2.45, 2.75) is 32.1 Å². The zero-order valence-corrected chi connectivity index (χ0v) is 9.04. The molecule has 0 fully saturated rings. The summed E-state index contributed by atoms with van der Waals surface area (Å²) in [4.78, 5) is 10.6. The lowest BCUT2D eigenvalue weighted by Crippen LogP contribution is -2.12. The molecule has 1 N–H and O–H groups in total. The van der Waals surface area contributed by atoms with Crippen molar-refractivity contribution in [2.75, 3.05) is 0 Å². The number of aliphatic carboxylic acids is 1. The Morgan fingerprint density at radius 1 is 1.31 bits per heavy atom. The van der Waals surface area contributed by atoms with Crippen LogP contribution in [0.1, 0.15) is 24.5 Å². The highest BCUT2D eigenvalue weighted by Gasteiger charge is 2.21. The molecule has 0 amide bonds. The van der Waals surface area contributed by atoms with Gasteiger partial charge in [0.25, 0.3) is 0 Å². The number of carbonyl (C=O) groups is 1. The van der Waals surface area contributed by atoms with Gasteiger partial charge in [-0.15, -0.1) is 0 Å². The molecule has 4 heteroatoms. The molecule has 0 unspecified atom stereocenters. The Morgan fingerprint density at radius 3 is 2.38 bits per heavy atom. The van der Waals surface area contributed by atoms with E-state index in [0.717, 1.165) is 6.92 Å². The van der Waals surface area contributed by atoms with Crippen molar-refractivity contribution in [3.8, 4) is 0 Å². The van der Waals surface area contributed by atoms with Gasteiger partial charge in [-0.3, -0.25) is 4.79 Å². The van der Waals surface area contributed by atoms with E-state index in [1.54, 1.807) is 24.3 Å². The number of carboxylic acids is 1. The highest BCUT2D eigenvalue weighted by atomic mass is 19.3. The number of benzene rings is 1. The molecule has 16 heavy (non-hydrogen) atoms. The molecular formula is C12H14F2O2. The summed E-state index contributed by atoms with van der Waals surface area (Å²) < 4.78 is 25.4. The van der Waals surface area contributed by atoms with Crippen LogP contribution < -0.4 is 0 Å². The van der Waals surface area contributed by atoms with E-state index in [9.17, 15) is 13.6 Å². The van der Waals surface area contributed by atoms with Crippen molar-refractivity contribution >= 4 is 5.97 Å². The Hall–Kier alpha value is -1.45. The highest BCUT2D eigenvalue weighted by Crippen LogP contribution is 2.21. The molecule has 1 aromatic carbocycles. The van der Waals surface area contributed by atoms with Gasteiger partial charge in [-0.05, 0) is 24.5 Å². The smallest absolute Gasteiger partial charge is 0.307 e. The molecule has 0 spiro atoms. The Balaban J connectivity index is 2.75. The summed E-state index contributed by atoms with van der Waals surface area (Å²) in [5, 5.41) is 8.67. The van der Waals surface area contributed by atoms with Gasteiger partial charge in [0.2, 0.25) is 5.92 Å².